The molecule has 0 atom stereocenters. The number of carbonyl (C=O) groups excluding carboxylic acids is 1. The molecule has 2 aromatic heterocycles. The maximum Gasteiger partial charge on any atom is 0.346 e. The third kappa shape index (κ3) is 2.72. The van der Waals surface area contributed by atoms with Crippen molar-refractivity contribution < 1.29 is 14.7 Å². The summed E-state index contributed by atoms with van der Waals surface area (Å²) in [6, 6.07) is 1.63. The average molecular weight is 266 g/mol. The number of carbonyl (C=O) groups is 2. The molecule has 2 rings (SSSR count). The van der Waals surface area contributed by atoms with Gasteiger partial charge in [-0.25, -0.2) is 9.48 Å². The number of aryl methyl sites for hydroxylation is 1. The first-order valence-corrected chi connectivity index (χ1v) is 5.85. The van der Waals surface area contributed by atoms with Gasteiger partial charge in [-0.1, -0.05) is 5.21 Å². The number of hydrogen-bond donors (Lipinski definition) is 2. The Morgan fingerprint density at radius 2 is 2.33 bits per heavy atom. The Morgan fingerprint density at radius 3 is 2.89 bits per heavy atom. The number of thiophene rings is 1. The number of nitrogens with one attached hydrogen (secondary N) is 1. The van der Waals surface area contributed by atoms with Gasteiger partial charge in [0.05, 0.1) is 11.2 Å². The van der Waals surface area contributed by atoms with Gasteiger partial charge in [-0.05, 0) is 18.6 Å². The molecule has 2 heterocycles. The van der Waals surface area contributed by atoms with E-state index in [1.807, 2.05) is 0 Å². The quantitative estimate of drug-likeness (QED) is 0.860. The molecule has 0 aliphatic carbocycles. The van der Waals surface area contributed by atoms with E-state index in [4.69, 9.17) is 5.11 Å². The molecule has 94 valence electrons. The number of carboxylic acid groups (broad SMARTS) is 1. The summed E-state index contributed by atoms with van der Waals surface area (Å²) in [5.41, 5.74) is 0.628. The van der Waals surface area contributed by atoms with Crippen molar-refractivity contribution in [1.29, 1.82) is 0 Å². The number of nitrogens with zero attached hydrogens (tertiary/aromatic N) is 3. The Hall–Kier alpha value is -2.22. The van der Waals surface area contributed by atoms with E-state index in [-0.39, 0.29) is 17.3 Å². The molecule has 18 heavy (non-hydrogen) atoms. The summed E-state index contributed by atoms with van der Waals surface area (Å²) in [5, 5.41) is 19.3. The molecule has 0 unspecified atom stereocenters. The highest BCUT2D eigenvalue weighted by Crippen LogP contribution is 2.26. The Morgan fingerprint density at radius 1 is 1.56 bits per heavy atom. The highest BCUT2D eigenvalue weighted by Gasteiger charge is 2.13. The first-order valence-electron chi connectivity index (χ1n) is 5.04. The van der Waals surface area contributed by atoms with Crippen molar-refractivity contribution in [3.05, 3.63) is 28.9 Å². The summed E-state index contributed by atoms with van der Waals surface area (Å²) in [6.07, 6.45) is 3.05. The Bertz CT molecular complexity index is 576. The lowest BCUT2D eigenvalue weighted by Gasteiger charge is -2.01. The molecule has 2 N–H and O–H groups in total. The molecule has 0 aromatic carbocycles. The van der Waals surface area contributed by atoms with Gasteiger partial charge >= 0.3 is 5.97 Å². The zero-order chi connectivity index (χ0) is 13.1. The van der Waals surface area contributed by atoms with Crippen LogP contribution in [0.1, 0.15) is 15.2 Å². The molecule has 2 aromatic rings. The SMILES string of the molecule is Cc1cc(NC(=O)Cn2ccnn2)sc1C(=O)O. The lowest BCUT2D eigenvalue weighted by Crippen LogP contribution is -2.18. The van der Waals surface area contributed by atoms with Crippen LogP contribution < -0.4 is 5.32 Å². The molecular weight excluding hydrogens is 256 g/mol. The normalized spacial score (nSPS) is 10.3. The van der Waals surface area contributed by atoms with Gasteiger partial charge in [-0.15, -0.1) is 16.4 Å². The Labute approximate surface area is 106 Å². The van der Waals surface area contributed by atoms with E-state index in [2.05, 4.69) is 15.6 Å². The van der Waals surface area contributed by atoms with Gasteiger partial charge in [0.15, 0.2) is 0 Å². The number of anilines is 1. The molecule has 0 aliphatic rings. The number of aromatic nitrogens is 3. The number of carboxylic acids is 1. The van der Waals surface area contributed by atoms with Crippen LogP contribution in [0.2, 0.25) is 0 Å². The van der Waals surface area contributed by atoms with Gasteiger partial charge in [0.25, 0.3) is 0 Å². The van der Waals surface area contributed by atoms with Crippen molar-refractivity contribution in [1.82, 2.24) is 15.0 Å². The molecular formula is C10H10N4O3S. The van der Waals surface area contributed by atoms with Gasteiger partial charge in [0, 0.05) is 6.20 Å². The minimum atomic E-state index is -0.991. The molecule has 7 nitrogen and oxygen atoms in total. The van der Waals surface area contributed by atoms with E-state index in [1.165, 1.54) is 10.9 Å². The molecule has 0 aliphatic heterocycles. The van der Waals surface area contributed by atoms with Crippen LogP contribution in [0.25, 0.3) is 0 Å². The van der Waals surface area contributed by atoms with Crippen LogP contribution in [0.3, 0.4) is 0 Å². The van der Waals surface area contributed by atoms with Crippen molar-refractivity contribution in [2.45, 2.75) is 13.5 Å². The van der Waals surface area contributed by atoms with Crippen LogP contribution in [0.5, 0.6) is 0 Å². The van der Waals surface area contributed by atoms with Gasteiger partial charge in [0.1, 0.15) is 11.4 Å². The zero-order valence-electron chi connectivity index (χ0n) is 9.45. The van der Waals surface area contributed by atoms with E-state index < -0.39 is 5.97 Å². The van der Waals surface area contributed by atoms with Gasteiger partial charge < -0.3 is 10.4 Å². The first kappa shape index (κ1) is 12.2. The fraction of sp³-hybridized carbons (Fsp3) is 0.200. The fourth-order valence-electron chi connectivity index (χ4n) is 1.40. The second-order valence-electron chi connectivity index (χ2n) is 3.58. The standard InChI is InChI=1S/C10H10N4O3S/c1-6-4-8(18-9(6)10(16)17)12-7(15)5-14-3-2-11-13-14/h2-4H,5H2,1H3,(H,12,15)(H,16,17). The summed E-state index contributed by atoms with van der Waals surface area (Å²) in [6.45, 7) is 1.73. The van der Waals surface area contributed by atoms with Crippen LogP contribution >= 0.6 is 11.3 Å². The summed E-state index contributed by atoms with van der Waals surface area (Å²) in [5.74, 6) is -1.27. The molecule has 0 saturated heterocycles. The lowest BCUT2D eigenvalue weighted by atomic mass is 10.3. The second-order valence-corrected chi connectivity index (χ2v) is 4.63. The molecule has 0 spiro atoms. The summed E-state index contributed by atoms with van der Waals surface area (Å²) in [4.78, 5) is 22.7. The summed E-state index contributed by atoms with van der Waals surface area (Å²) < 4.78 is 1.38. The van der Waals surface area contributed by atoms with E-state index in [1.54, 1.807) is 19.2 Å². The molecule has 0 fully saturated rings. The Balaban J connectivity index is 2.03. The van der Waals surface area contributed by atoms with Crippen LogP contribution in [0, 0.1) is 6.92 Å². The van der Waals surface area contributed by atoms with Crippen molar-refractivity contribution >= 4 is 28.2 Å². The number of hydrogen-bond acceptors (Lipinski definition) is 5. The van der Waals surface area contributed by atoms with Crippen LogP contribution in [-0.4, -0.2) is 32.0 Å². The van der Waals surface area contributed by atoms with Gasteiger partial charge in [-0.2, -0.15) is 0 Å². The fourth-order valence-corrected chi connectivity index (χ4v) is 2.32. The number of rotatable bonds is 4. The van der Waals surface area contributed by atoms with Crippen LogP contribution in [-0.2, 0) is 11.3 Å². The number of amides is 1. The smallest absolute Gasteiger partial charge is 0.346 e. The zero-order valence-corrected chi connectivity index (χ0v) is 10.3. The van der Waals surface area contributed by atoms with E-state index in [0.717, 1.165) is 11.3 Å². The lowest BCUT2D eigenvalue weighted by molar-refractivity contribution is -0.116. The van der Waals surface area contributed by atoms with Crippen LogP contribution in [0.15, 0.2) is 18.5 Å². The topological polar surface area (TPSA) is 97.1 Å². The summed E-state index contributed by atoms with van der Waals surface area (Å²) >= 11 is 1.03. The largest absolute Gasteiger partial charge is 0.477 e. The molecule has 8 heteroatoms. The predicted octanol–water partition coefficient (Wildman–Crippen LogP) is 0.985. The molecule has 0 saturated carbocycles. The minimum Gasteiger partial charge on any atom is -0.477 e. The first-order chi connectivity index (χ1) is 8.56. The van der Waals surface area contributed by atoms with Crippen molar-refractivity contribution in [2.75, 3.05) is 5.32 Å². The third-order valence-electron chi connectivity index (χ3n) is 2.15. The Kier molecular flexibility index (Phi) is 3.38. The highest BCUT2D eigenvalue weighted by molar-refractivity contribution is 7.18. The van der Waals surface area contributed by atoms with Crippen molar-refractivity contribution in [3.63, 3.8) is 0 Å². The van der Waals surface area contributed by atoms with Crippen molar-refractivity contribution in [2.24, 2.45) is 0 Å². The van der Waals surface area contributed by atoms with E-state index in [9.17, 15) is 9.59 Å². The minimum absolute atomic E-state index is 0.0410. The monoisotopic (exact) mass is 266 g/mol. The van der Waals surface area contributed by atoms with Crippen molar-refractivity contribution in [3.8, 4) is 0 Å². The maximum absolute atomic E-state index is 11.6. The van der Waals surface area contributed by atoms with Crippen LogP contribution in [0.4, 0.5) is 5.00 Å². The second kappa shape index (κ2) is 4.96. The molecule has 0 bridgehead atoms. The molecule has 0 radical (unpaired) electrons. The molecule has 1 amide bonds. The maximum atomic E-state index is 11.6. The van der Waals surface area contributed by atoms with Gasteiger partial charge in [0.2, 0.25) is 5.91 Å². The van der Waals surface area contributed by atoms with E-state index >= 15 is 0 Å². The highest BCUT2D eigenvalue weighted by atomic mass is 32.1. The third-order valence-corrected chi connectivity index (χ3v) is 3.29. The summed E-state index contributed by atoms with van der Waals surface area (Å²) in [7, 11) is 0. The number of aromatic carboxylic acids is 1. The van der Waals surface area contributed by atoms with E-state index in [0.29, 0.717) is 10.6 Å². The predicted molar refractivity (Wildman–Crippen MR) is 64.7 cm³/mol. The van der Waals surface area contributed by atoms with Gasteiger partial charge in [-0.3, -0.25) is 4.79 Å². The average Bonchev–Trinajstić information content (AvgIpc) is 2.88.